The van der Waals surface area contributed by atoms with Crippen LogP contribution in [0.3, 0.4) is 0 Å². The number of aliphatic hydroxyl groups excluding tert-OH is 1. The number of carboxylic acids is 1. The molecule has 0 rings (SSSR count). The van der Waals surface area contributed by atoms with E-state index in [2.05, 4.69) is 6.58 Å². The summed E-state index contributed by atoms with van der Waals surface area (Å²) in [4.78, 5) is 10.2. The molecule has 0 spiro atoms. The SMILES string of the molecule is C=C(CCC(O)OCC)C(=O)O. The predicted molar refractivity (Wildman–Crippen MR) is 43.6 cm³/mol. The Kier molecular flexibility index (Phi) is 5.32. The molecule has 1 unspecified atom stereocenters. The van der Waals surface area contributed by atoms with Crippen LogP contribution in [0.2, 0.25) is 0 Å². The van der Waals surface area contributed by atoms with Crippen molar-refractivity contribution in [3.05, 3.63) is 12.2 Å². The first-order valence-corrected chi connectivity index (χ1v) is 3.78. The first kappa shape index (κ1) is 11.1. The van der Waals surface area contributed by atoms with Crippen LogP contribution >= 0.6 is 0 Å². The van der Waals surface area contributed by atoms with E-state index in [4.69, 9.17) is 14.9 Å². The second-order valence-electron chi connectivity index (χ2n) is 2.36. The molecule has 12 heavy (non-hydrogen) atoms. The third kappa shape index (κ3) is 4.87. The highest BCUT2D eigenvalue weighted by molar-refractivity contribution is 5.85. The molecule has 2 N–H and O–H groups in total. The number of aliphatic carboxylic acids is 1. The van der Waals surface area contributed by atoms with Crippen molar-refractivity contribution in [2.24, 2.45) is 0 Å². The summed E-state index contributed by atoms with van der Waals surface area (Å²) in [7, 11) is 0. The van der Waals surface area contributed by atoms with Crippen LogP contribution < -0.4 is 0 Å². The Morgan fingerprint density at radius 3 is 2.67 bits per heavy atom. The molecule has 0 aromatic heterocycles. The molecule has 0 aromatic carbocycles. The van der Waals surface area contributed by atoms with Crippen LogP contribution in [0.5, 0.6) is 0 Å². The van der Waals surface area contributed by atoms with Gasteiger partial charge in [0.25, 0.3) is 0 Å². The van der Waals surface area contributed by atoms with Gasteiger partial charge in [0.05, 0.1) is 0 Å². The molecular weight excluding hydrogens is 160 g/mol. The molecule has 4 nitrogen and oxygen atoms in total. The van der Waals surface area contributed by atoms with E-state index in [-0.39, 0.29) is 18.4 Å². The zero-order valence-electron chi connectivity index (χ0n) is 7.12. The average molecular weight is 174 g/mol. The molecule has 0 aliphatic heterocycles. The molecule has 4 heteroatoms. The highest BCUT2D eigenvalue weighted by Crippen LogP contribution is 2.06. The first-order chi connectivity index (χ1) is 5.57. The summed E-state index contributed by atoms with van der Waals surface area (Å²) in [5, 5.41) is 17.4. The predicted octanol–water partition coefficient (Wildman–Crippen LogP) is 0.762. The molecule has 0 saturated heterocycles. The number of aliphatic hydroxyl groups is 1. The van der Waals surface area contributed by atoms with Crippen molar-refractivity contribution in [1.82, 2.24) is 0 Å². The van der Waals surface area contributed by atoms with Crippen molar-refractivity contribution in [2.45, 2.75) is 26.1 Å². The van der Waals surface area contributed by atoms with Gasteiger partial charge in [-0.3, -0.25) is 0 Å². The lowest BCUT2D eigenvalue weighted by atomic mass is 10.1. The lowest BCUT2D eigenvalue weighted by Crippen LogP contribution is -2.12. The molecule has 0 saturated carbocycles. The van der Waals surface area contributed by atoms with Crippen LogP contribution in [-0.2, 0) is 9.53 Å². The van der Waals surface area contributed by atoms with E-state index in [1.807, 2.05) is 0 Å². The van der Waals surface area contributed by atoms with E-state index in [1.165, 1.54) is 0 Å². The zero-order chi connectivity index (χ0) is 9.56. The molecule has 0 radical (unpaired) electrons. The number of ether oxygens (including phenoxy) is 1. The molecule has 0 bridgehead atoms. The van der Waals surface area contributed by atoms with Crippen LogP contribution in [-0.4, -0.2) is 29.1 Å². The summed E-state index contributed by atoms with van der Waals surface area (Å²) < 4.78 is 4.79. The molecule has 0 aliphatic rings. The van der Waals surface area contributed by atoms with Gasteiger partial charge in [0.1, 0.15) is 0 Å². The van der Waals surface area contributed by atoms with Crippen molar-refractivity contribution in [1.29, 1.82) is 0 Å². The molecule has 0 heterocycles. The maximum atomic E-state index is 10.2. The highest BCUT2D eigenvalue weighted by atomic mass is 16.6. The Balaban J connectivity index is 3.54. The van der Waals surface area contributed by atoms with Gasteiger partial charge >= 0.3 is 5.97 Å². The van der Waals surface area contributed by atoms with Crippen molar-refractivity contribution in [3.63, 3.8) is 0 Å². The van der Waals surface area contributed by atoms with Crippen LogP contribution in [0.4, 0.5) is 0 Å². The van der Waals surface area contributed by atoms with E-state index in [0.717, 1.165) is 0 Å². The summed E-state index contributed by atoms with van der Waals surface area (Å²) in [6.45, 7) is 5.50. The quantitative estimate of drug-likeness (QED) is 0.461. The Morgan fingerprint density at radius 2 is 2.25 bits per heavy atom. The van der Waals surface area contributed by atoms with Gasteiger partial charge in [0.2, 0.25) is 0 Å². The summed E-state index contributed by atoms with van der Waals surface area (Å²) in [6.07, 6.45) is -0.360. The number of carbonyl (C=O) groups is 1. The van der Waals surface area contributed by atoms with Crippen LogP contribution in [0.25, 0.3) is 0 Å². The Bertz CT molecular complexity index is 164. The van der Waals surface area contributed by atoms with Gasteiger partial charge in [-0.1, -0.05) is 6.58 Å². The number of hydrogen-bond acceptors (Lipinski definition) is 3. The largest absolute Gasteiger partial charge is 0.478 e. The summed E-state index contributed by atoms with van der Waals surface area (Å²) >= 11 is 0. The maximum Gasteiger partial charge on any atom is 0.330 e. The van der Waals surface area contributed by atoms with E-state index in [0.29, 0.717) is 6.61 Å². The second-order valence-corrected chi connectivity index (χ2v) is 2.36. The molecule has 1 atom stereocenters. The molecule has 0 aliphatic carbocycles. The molecule has 0 aromatic rings. The van der Waals surface area contributed by atoms with Crippen molar-refractivity contribution in [2.75, 3.05) is 6.61 Å². The normalized spacial score (nSPS) is 12.5. The molecule has 0 fully saturated rings. The van der Waals surface area contributed by atoms with Gasteiger partial charge in [0.15, 0.2) is 6.29 Å². The van der Waals surface area contributed by atoms with Gasteiger partial charge in [0, 0.05) is 18.6 Å². The average Bonchev–Trinajstić information content (AvgIpc) is 2.00. The fraction of sp³-hybridized carbons (Fsp3) is 0.625. The van der Waals surface area contributed by atoms with Crippen LogP contribution in [0, 0.1) is 0 Å². The van der Waals surface area contributed by atoms with E-state index in [9.17, 15) is 4.79 Å². The fourth-order valence-electron chi connectivity index (χ4n) is 0.680. The molecular formula is C8H14O4. The van der Waals surface area contributed by atoms with Crippen LogP contribution in [0.1, 0.15) is 19.8 Å². The van der Waals surface area contributed by atoms with Gasteiger partial charge in [-0.25, -0.2) is 4.79 Å². The Hall–Kier alpha value is -0.870. The summed E-state index contributed by atoms with van der Waals surface area (Å²) in [6, 6.07) is 0. The number of hydrogen-bond donors (Lipinski definition) is 2. The lowest BCUT2D eigenvalue weighted by molar-refractivity contribution is -0.133. The Morgan fingerprint density at radius 1 is 1.67 bits per heavy atom. The second kappa shape index (κ2) is 5.74. The van der Waals surface area contributed by atoms with Gasteiger partial charge in [-0.05, 0) is 13.3 Å². The zero-order valence-corrected chi connectivity index (χ0v) is 7.12. The van der Waals surface area contributed by atoms with Crippen LogP contribution in [0.15, 0.2) is 12.2 Å². The van der Waals surface area contributed by atoms with Gasteiger partial charge in [-0.2, -0.15) is 0 Å². The van der Waals surface area contributed by atoms with E-state index >= 15 is 0 Å². The monoisotopic (exact) mass is 174 g/mol. The van der Waals surface area contributed by atoms with Crippen molar-refractivity contribution < 1.29 is 19.7 Å². The molecule has 70 valence electrons. The minimum atomic E-state index is -1.03. The van der Waals surface area contributed by atoms with E-state index < -0.39 is 12.3 Å². The summed E-state index contributed by atoms with van der Waals surface area (Å²) in [5.41, 5.74) is 0.0914. The lowest BCUT2D eigenvalue weighted by Gasteiger charge is -2.09. The maximum absolute atomic E-state index is 10.2. The third-order valence-corrected chi connectivity index (χ3v) is 1.35. The summed E-state index contributed by atoms with van der Waals surface area (Å²) in [5.74, 6) is -1.03. The molecule has 0 amide bonds. The minimum absolute atomic E-state index is 0.0914. The topological polar surface area (TPSA) is 66.8 Å². The fourth-order valence-corrected chi connectivity index (χ4v) is 0.680. The minimum Gasteiger partial charge on any atom is -0.478 e. The number of carboxylic acid groups (broad SMARTS) is 1. The number of rotatable bonds is 6. The van der Waals surface area contributed by atoms with Gasteiger partial charge in [-0.15, -0.1) is 0 Å². The van der Waals surface area contributed by atoms with Crippen molar-refractivity contribution in [3.8, 4) is 0 Å². The third-order valence-electron chi connectivity index (χ3n) is 1.35. The van der Waals surface area contributed by atoms with E-state index in [1.54, 1.807) is 6.92 Å². The standard InChI is InChI=1S/C8H14O4/c1-3-12-7(9)5-4-6(2)8(10)11/h7,9H,2-5H2,1H3,(H,10,11). The Labute approximate surface area is 71.5 Å². The highest BCUT2D eigenvalue weighted by Gasteiger charge is 2.07. The smallest absolute Gasteiger partial charge is 0.330 e. The van der Waals surface area contributed by atoms with Gasteiger partial charge < -0.3 is 14.9 Å². The first-order valence-electron chi connectivity index (χ1n) is 3.78. The van der Waals surface area contributed by atoms with Crippen molar-refractivity contribution >= 4 is 5.97 Å².